The van der Waals surface area contributed by atoms with Gasteiger partial charge < -0.3 is 23.8 Å². The normalized spacial score (nSPS) is 12.9. The third-order valence-corrected chi connectivity index (χ3v) is 16.4. The van der Waals surface area contributed by atoms with Crippen LogP contribution in [0.3, 0.4) is 0 Å². The molecule has 4 aromatic heterocycles. The summed E-state index contributed by atoms with van der Waals surface area (Å²) in [6, 6.07) is 70.0. The Hall–Kier alpha value is -8.18. The minimum Gasteiger partial charge on any atom is -0.508 e. The van der Waals surface area contributed by atoms with Crippen LogP contribution in [0, 0.1) is 18.8 Å². The molecule has 412 valence electrons. The van der Waals surface area contributed by atoms with Crippen LogP contribution in [0.4, 0.5) is 11.4 Å². The first-order valence-electron chi connectivity index (χ1n) is 28.4. The molecule has 0 unspecified atom stereocenters. The van der Waals surface area contributed by atoms with Gasteiger partial charge >= 0.3 is 0 Å². The number of aromatic nitrogens is 4. The van der Waals surface area contributed by atoms with Gasteiger partial charge in [0.25, 0.3) is 0 Å². The van der Waals surface area contributed by atoms with E-state index in [1.165, 1.54) is 44.2 Å². The zero-order valence-corrected chi connectivity index (χ0v) is 51.2. The van der Waals surface area contributed by atoms with E-state index in [1.807, 2.05) is 18.5 Å². The summed E-state index contributed by atoms with van der Waals surface area (Å²) < 4.78 is 11.4. The van der Waals surface area contributed by atoms with Crippen LogP contribution in [0.5, 0.6) is 11.5 Å². The SMILES string of the molecule is CC(C)(C)c1cc(-c2cc(C(C)(C)C)cc(C(C)(C)C)c2)cc(-c2cccc3c4ccccc4c4ccccc4c4cccc5c4n(c23)[CH-]N5c2[c-]c(Oc3[c-]c4c(cc3)c3ccccc3n4-c3cc(C(C)(C)C)ccn3)cnc2)c1.[Pt]. The molecule has 0 saturated heterocycles. The molecule has 12 aromatic rings. The molecule has 0 spiro atoms. The van der Waals surface area contributed by atoms with Gasteiger partial charge in [0.1, 0.15) is 5.82 Å². The number of benzene rings is 8. The van der Waals surface area contributed by atoms with Gasteiger partial charge in [0.15, 0.2) is 0 Å². The van der Waals surface area contributed by atoms with E-state index in [4.69, 9.17) is 14.7 Å². The number of hydrogen-bond acceptors (Lipinski definition) is 4. The van der Waals surface area contributed by atoms with E-state index in [1.54, 1.807) is 6.20 Å². The fourth-order valence-electron chi connectivity index (χ4n) is 11.8. The van der Waals surface area contributed by atoms with Gasteiger partial charge in [-0.3, -0.25) is 0 Å². The third-order valence-electron chi connectivity index (χ3n) is 16.4. The van der Waals surface area contributed by atoms with Crippen molar-refractivity contribution in [2.24, 2.45) is 0 Å². The first kappa shape index (κ1) is 54.4. The molecule has 0 amide bonds. The zero-order valence-electron chi connectivity index (χ0n) is 48.9. The van der Waals surface area contributed by atoms with Crippen LogP contribution in [0.2, 0.25) is 0 Å². The van der Waals surface area contributed by atoms with Crippen molar-refractivity contribution >= 4 is 76.5 Å². The summed E-state index contributed by atoms with van der Waals surface area (Å²) in [7, 11) is 0. The molecule has 0 fully saturated rings. The van der Waals surface area contributed by atoms with E-state index >= 15 is 0 Å². The minimum absolute atomic E-state index is 0. The smallest absolute Gasteiger partial charge is 0.135 e. The maximum absolute atomic E-state index is 6.78. The Balaban J connectivity index is 0.00000665. The quantitative estimate of drug-likeness (QED) is 0.156. The number of ether oxygens (including phenoxy) is 1. The van der Waals surface area contributed by atoms with Crippen LogP contribution in [0.1, 0.15) is 105 Å². The van der Waals surface area contributed by atoms with Crippen molar-refractivity contribution in [3.8, 4) is 39.6 Å². The third kappa shape index (κ3) is 9.59. The molecule has 1 aliphatic rings. The maximum atomic E-state index is 6.78. The Labute approximate surface area is 497 Å². The second-order valence-electron chi connectivity index (χ2n) is 26.1. The van der Waals surface area contributed by atoms with Crippen molar-refractivity contribution in [2.75, 3.05) is 4.90 Å². The Morgan fingerprint density at radius 1 is 0.439 bits per heavy atom. The minimum atomic E-state index is -0.141. The molecule has 8 aromatic carbocycles. The molecule has 7 heteroatoms. The molecule has 82 heavy (non-hydrogen) atoms. The summed E-state index contributed by atoms with van der Waals surface area (Å²) in [6.07, 6.45) is 5.51. The zero-order chi connectivity index (χ0) is 56.3. The summed E-state index contributed by atoms with van der Waals surface area (Å²) in [5.41, 5.74) is 15.4. The van der Waals surface area contributed by atoms with Gasteiger partial charge in [-0.2, -0.15) is 6.07 Å². The topological polar surface area (TPSA) is 48.1 Å². The molecule has 0 atom stereocenters. The first-order valence-corrected chi connectivity index (χ1v) is 28.4. The van der Waals surface area contributed by atoms with Crippen LogP contribution in [-0.4, -0.2) is 19.1 Å². The molecule has 5 heterocycles. The molecular weight excluding hydrogens is 1180 g/mol. The molecular formula is C75H68N5OPt-3. The number of para-hydroxylation sites is 3. The van der Waals surface area contributed by atoms with Crippen molar-refractivity contribution in [2.45, 2.75) is 105 Å². The van der Waals surface area contributed by atoms with Gasteiger partial charge in [0, 0.05) is 50.0 Å². The number of nitrogens with zero attached hydrogens (tertiary/aromatic N) is 5. The van der Waals surface area contributed by atoms with Gasteiger partial charge in [-0.05, 0) is 158 Å². The second kappa shape index (κ2) is 20.1. The average Bonchev–Trinajstić information content (AvgIpc) is 3.22. The molecule has 0 radical (unpaired) electrons. The van der Waals surface area contributed by atoms with Crippen molar-refractivity contribution < 1.29 is 25.8 Å². The van der Waals surface area contributed by atoms with Crippen LogP contribution in [-0.2, 0) is 42.7 Å². The first-order chi connectivity index (χ1) is 38.7. The summed E-state index contributed by atoms with van der Waals surface area (Å²) in [6.45, 7) is 29.8. The van der Waals surface area contributed by atoms with Crippen LogP contribution in [0.25, 0.3) is 93.2 Å². The Morgan fingerprint density at radius 2 is 0.976 bits per heavy atom. The Kier molecular flexibility index (Phi) is 13.3. The molecule has 0 bridgehead atoms. The Morgan fingerprint density at radius 3 is 1.61 bits per heavy atom. The van der Waals surface area contributed by atoms with E-state index < -0.39 is 0 Å². The van der Waals surface area contributed by atoms with E-state index in [-0.39, 0.29) is 42.7 Å². The van der Waals surface area contributed by atoms with E-state index in [0.717, 1.165) is 82.7 Å². The molecule has 0 N–H and O–H groups in total. The number of pyridine rings is 2. The molecule has 0 aliphatic carbocycles. The maximum Gasteiger partial charge on any atom is 0.135 e. The van der Waals surface area contributed by atoms with Gasteiger partial charge in [-0.15, -0.1) is 23.6 Å². The second-order valence-corrected chi connectivity index (χ2v) is 26.1. The number of rotatable bonds is 6. The molecule has 13 rings (SSSR count). The van der Waals surface area contributed by atoms with Crippen molar-refractivity contribution in [1.82, 2.24) is 19.1 Å². The molecule has 1 aliphatic heterocycles. The van der Waals surface area contributed by atoms with Crippen molar-refractivity contribution in [3.05, 3.63) is 230 Å². The average molecular weight is 1250 g/mol. The summed E-state index contributed by atoms with van der Waals surface area (Å²) >= 11 is 0. The fraction of sp³-hybridized carbons (Fsp3) is 0.213. The predicted octanol–water partition coefficient (Wildman–Crippen LogP) is 20.1. The summed E-state index contributed by atoms with van der Waals surface area (Å²) in [5.74, 6) is 1.86. The van der Waals surface area contributed by atoms with E-state index in [0.29, 0.717) is 11.5 Å². The van der Waals surface area contributed by atoms with E-state index in [9.17, 15) is 0 Å². The van der Waals surface area contributed by atoms with E-state index in [2.05, 4.69) is 280 Å². The van der Waals surface area contributed by atoms with Gasteiger partial charge in [0.2, 0.25) is 0 Å². The predicted molar refractivity (Wildman–Crippen MR) is 340 cm³/mol. The number of hydrogen-bond donors (Lipinski definition) is 0. The van der Waals surface area contributed by atoms with Crippen LogP contribution >= 0.6 is 0 Å². The molecule has 0 saturated carbocycles. The number of anilines is 2. The van der Waals surface area contributed by atoms with Crippen molar-refractivity contribution in [3.63, 3.8) is 0 Å². The summed E-state index contributed by atoms with van der Waals surface area (Å²) in [5, 5.41) is 9.13. The summed E-state index contributed by atoms with van der Waals surface area (Å²) in [4.78, 5) is 12.0. The Bertz CT molecular complexity index is 4560. The van der Waals surface area contributed by atoms with Crippen LogP contribution < -0.4 is 9.64 Å². The van der Waals surface area contributed by atoms with Gasteiger partial charge in [-0.1, -0.05) is 228 Å². The molecule has 6 nitrogen and oxygen atoms in total. The number of fused-ring (bicyclic) bond motifs is 10. The standard InChI is InChI=1S/C75H68N5O.Pt/c1-72(2,3)50-33-34-77-69(41-50)80-66-29-18-17-25-62(66)63-32-31-55(43-68(63)80)81-56-42-54(44-76-45-56)78-46-79-70-57(49-35-47(36-51(39-49)73(4,5)6)48-37-52(74(7,8)9)40-53(38-48)75(10,11)12)26-19-27-64(70)60-23-15-13-21-58(60)59-22-14-16-24-61(59)65-28-20-30-67(78)71(65)79;/h13-41,44-46H,1-12H3;/q-3;. The van der Waals surface area contributed by atoms with Crippen LogP contribution in [0.15, 0.2) is 188 Å². The monoisotopic (exact) mass is 1250 g/mol. The largest absolute Gasteiger partial charge is 0.508 e. The van der Waals surface area contributed by atoms with Gasteiger partial charge in [-0.25, -0.2) is 4.98 Å². The van der Waals surface area contributed by atoms with Crippen molar-refractivity contribution in [1.29, 1.82) is 0 Å². The fourth-order valence-corrected chi connectivity index (χ4v) is 11.8. The van der Waals surface area contributed by atoms with Gasteiger partial charge in [0.05, 0.1) is 0 Å².